The van der Waals surface area contributed by atoms with Gasteiger partial charge in [0.25, 0.3) is 0 Å². The molecular formula is C9H15NO5S. The summed E-state index contributed by atoms with van der Waals surface area (Å²) in [7, 11) is -1.61. The van der Waals surface area contributed by atoms with Crippen LogP contribution in [0.1, 0.15) is 6.42 Å². The lowest BCUT2D eigenvalue weighted by molar-refractivity contribution is -0.141. The molecule has 0 unspecified atom stereocenters. The van der Waals surface area contributed by atoms with Gasteiger partial charge in [0.15, 0.2) is 0 Å². The molecule has 6 nitrogen and oxygen atoms in total. The van der Waals surface area contributed by atoms with Crippen LogP contribution in [-0.4, -0.2) is 55.9 Å². The van der Waals surface area contributed by atoms with Gasteiger partial charge in [-0.05, 0) is 6.42 Å². The standard InChI is InChI=1S/C9H15NO5S/c1-10(3-4-16(2,14)15)8(11)6-5-7(6)9(12)13/h6-7H,3-5H2,1-2H3,(H,12,13)/t6-,7+/m1/s1. The van der Waals surface area contributed by atoms with Crippen molar-refractivity contribution < 1.29 is 23.1 Å². The van der Waals surface area contributed by atoms with Crippen molar-refractivity contribution in [3.63, 3.8) is 0 Å². The van der Waals surface area contributed by atoms with E-state index >= 15 is 0 Å². The first-order chi connectivity index (χ1) is 7.22. The van der Waals surface area contributed by atoms with E-state index in [1.807, 2.05) is 0 Å². The zero-order chi connectivity index (χ0) is 12.5. The molecule has 0 aliphatic heterocycles. The Balaban J connectivity index is 2.42. The molecule has 0 bridgehead atoms. The van der Waals surface area contributed by atoms with Gasteiger partial charge in [-0.3, -0.25) is 9.59 Å². The van der Waals surface area contributed by atoms with Crippen molar-refractivity contribution >= 4 is 21.7 Å². The van der Waals surface area contributed by atoms with Gasteiger partial charge in [0.05, 0.1) is 17.6 Å². The predicted octanol–water partition coefficient (Wildman–Crippen LogP) is -0.790. The largest absolute Gasteiger partial charge is 0.481 e. The number of aliphatic carboxylic acids is 1. The smallest absolute Gasteiger partial charge is 0.307 e. The number of carboxylic acids is 1. The molecular weight excluding hydrogens is 234 g/mol. The maximum absolute atomic E-state index is 11.6. The summed E-state index contributed by atoms with van der Waals surface area (Å²) in [6.07, 6.45) is 1.46. The Morgan fingerprint density at radius 1 is 1.38 bits per heavy atom. The fraction of sp³-hybridized carbons (Fsp3) is 0.778. The summed E-state index contributed by atoms with van der Waals surface area (Å²) in [6.45, 7) is 0.112. The minimum atomic E-state index is -3.10. The minimum Gasteiger partial charge on any atom is -0.481 e. The summed E-state index contributed by atoms with van der Waals surface area (Å²) in [6, 6.07) is 0. The number of carboxylic acid groups (broad SMARTS) is 1. The molecule has 0 saturated heterocycles. The number of hydrogen-bond acceptors (Lipinski definition) is 4. The van der Waals surface area contributed by atoms with E-state index in [0.717, 1.165) is 6.26 Å². The highest BCUT2D eigenvalue weighted by molar-refractivity contribution is 7.90. The predicted molar refractivity (Wildman–Crippen MR) is 56.6 cm³/mol. The lowest BCUT2D eigenvalue weighted by Crippen LogP contribution is -2.33. The molecule has 1 saturated carbocycles. The molecule has 1 amide bonds. The van der Waals surface area contributed by atoms with Crippen molar-refractivity contribution in [3.05, 3.63) is 0 Å². The van der Waals surface area contributed by atoms with Crippen LogP contribution >= 0.6 is 0 Å². The molecule has 1 aliphatic rings. The first kappa shape index (κ1) is 13.0. The van der Waals surface area contributed by atoms with Crippen LogP contribution < -0.4 is 0 Å². The van der Waals surface area contributed by atoms with E-state index < -0.39 is 27.6 Å². The van der Waals surface area contributed by atoms with Crippen LogP contribution in [0.25, 0.3) is 0 Å². The minimum absolute atomic E-state index is 0.0975. The molecule has 0 heterocycles. The molecule has 16 heavy (non-hydrogen) atoms. The van der Waals surface area contributed by atoms with E-state index in [2.05, 4.69) is 0 Å². The zero-order valence-electron chi connectivity index (χ0n) is 9.21. The first-order valence-corrected chi connectivity index (χ1v) is 6.94. The number of sulfone groups is 1. The molecule has 1 rings (SSSR count). The number of amides is 1. The maximum Gasteiger partial charge on any atom is 0.307 e. The summed E-state index contributed by atoms with van der Waals surface area (Å²) in [5, 5.41) is 8.65. The highest BCUT2D eigenvalue weighted by atomic mass is 32.2. The van der Waals surface area contributed by atoms with Gasteiger partial charge in [-0.1, -0.05) is 0 Å². The van der Waals surface area contributed by atoms with Crippen LogP contribution in [0.5, 0.6) is 0 Å². The van der Waals surface area contributed by atoms with Gasteiger partial charge in [-0.2, -0.15) is 0 Å². The van der Waals surface area contributed by atoms with Crippen molar-refractivity contribution in [2.24, 2.45) is 11.8 Å². The summed E-state index contributed by atoms with van der Waals surface area (Å²) >= 11 is 0. The molecule has 1 aliphatic carbocycles. The maximum atomic E-state index is 11.6. The van der Waals surface area contributed by atoms with Gasteiger partial charge >= 0.3 is 5.97 Å². The second kappa shape index (κ2) is 4.40. The fourth-order valence-electron chi connectivity index (χ4n) is 1.44. The van der Waals surface area contributed by atoms with E-state index in [-0.39, 0.29) is 18.2 Å². The number of hydrogen-bond donors (Lipinski definition) is 1. The Hall–Kier alpha value is -1.11. The highest BCUT2D eigenvalue weighted by Gasteiger charge is 2.49. The molecule has 0 radical (unpaired) electrons. The summed E-state index contributed by atoms with van der Waals surface area (Å²) in [4.78, 5) is 23.4. The van der Waals surface area contributed by atoms with Crippen LogP contribution in [0.15, 0.2) is 0 Å². The van der Waals surface area contributed by atoms with Gasteiger partial charge in [-0.25, -0.2) is 8.42 Å². The van der Waals surface area contributed by atoms with Crippen molar-refractivity contribution in [3.8, 4) is 0 Å². The Morgan fingerprint density at radius 2 is 1.94 bits per heavy atom. The van der Waals surface area contributed by atoms with E-state index in [4.69, 9.17) is 5.11 Å². The van der Waals surface area contributed by atoms with Crippen LogP contribution in [-0.2, 0) is 19.4 Å². The number of carbonyl (C=O) groups is 2. The monoisotopic (exact) mass is 249 g/mol. The highest BCUT2D eigenvalue weighted by Crippen LogP contribution is 2.39. The van der Waals surface area contributed by atoms with Gasteiger partial charge in [0.1, 0.15) is 9.84 Å². The second-order valence-corrected chi connectivity index (χ2v) is 6.44. The summed E-state index contributed by atoms with van der Waals surface area (Å²) < 4.78 is 21.8. The third-order valence-corrected chi connectivity index (χ3v) is 3.52. The van der Waals surface area contributed by atoms with Crippen molar-refractivity contribution in [2.45, 2.75) is 6.42 Å². The SMILES string of the molecule is CN(CCS(C)(=O)=O)C(=O)[C@@H]1C[C@@H]1C(=O)O. The molecule has 7 heteroatoms. The van der Waals surface area contributed by atoms with Crippen LogP contribution in [0.2, 0.25) is 0 Å². The summed E-state index contributed by atoms with van der Waals surface area (Å²) in [5.41, 5.74) is 0. The number of nitrogens with zero attached hydrogens (tertiary/aromatic N) is 1. The normalized spacial score (nSPS) is 23.9. The third-order valence-electron chi connectivity index (χ3n) is 2.60. The van der Waals surface area contributed by atoms with E-state index in [0.29, 0.717) is 6.42 Å². The van der Waals surface area contributed by atoms with E-state index in [1.54, 1.807) is 0 Å². The number of carbonyl (C=O) groups excluding carboxylic acids is 1. The average molecular weight is 249 g/mol. The molecule has 1 N–H and O–H groups in total. The Morgan fingerprint density at radius 3 is 2.31 bits per heavy atom. The Kier molecular flexibility index (Phi) is 3.57. The molecule has 0 spiro atoms. The van der Waals surface area contributed by atoms with E-state index in [9.17, 15) is 18.0 Å². The quantitative estimate of drug-likeness (QED) is 0.689. The van der Waals surface area contributed by atoms with Crippen LogP contribution in [0.3, 0.4) is 0 Å². The Bertz CT molecular complexity index is 402. The lowest BCUT2D eigenvalue weighted by atomic mass is 10.3. The molecule has 0 aromatic rings. The van der Waals surface area contributed by atoms with Gasteiger partial charge in [0.2, 0.25) is 5.91 Å². The van der Waals surface area contributed by atoms with Crippen molar-refractivity contribution in [1.29, 1.82) is 0 Å². The van der Waals surface area contributed by atoms with Crippen molar-refractivity contribution in [1.82, 2.24) is 4.90 Å². The Labute approximate surface area is 94.2 Å². The summed E-state index contributed by atoms with van der Waals surface area (Å²) in [5.74, 6) is -2.40. The molecule has 92 valence electrons. The molecule has 0 aromatic carbocycles. The topological polar surface area (TPSA) is 91.8 Å². The van der Waals surface area contributed by atoms with Gasteiger partial charge in [-0.15, -0.1) is 0 Å². The lowest BCUT2D eigenvalue weighted by Gasteiger charge is -2.16. The second-order valence-electron chi connectivity index (χ2n) is 4.18. The van der Waals surface area contributed by atoms with Crippen LogP contribution in [0, 0.1) is 11.8 Å². The van der Waals surface area contributed by atoms with Gasteiger partial charge in [0, 0.05) is 19.8 Å². The zero-order valence-corrected chi connectivity index (χ0v) is 10.0. The average Bonchev–Trinajstić information content (AvgIpc) is 2.91. The third kappa shape index (κ3) is 3.48. The molecule has 2 atom stereocenters. The van der Waals surface area contributed by atoms with Crippen LogP contribution in [0.4, 0.5) is 0 Å². The number of rotatable bonds is 5. The first-order valence-electron chi connectivity index (χ1n) is 4.88. The molecule has 0 aromatic heterocycles. The van der Waals surface area contributed by atoms with Crippen molar-refractivity contribution in [2.75, 3.05) is 25.6 Å². The van der Waals surface area contributed by atoms with Gasteiger partial charge < -0.3 is 10.0 Å². The molecule has 1 fully saturated rings. The fourth-order valence-corrected chi connectivity index (χ4v) is 2.04. The van der Waals surface area contributed by atoms with E-state index in [1.165, 1.54) is 11.9 Å².